The van der Waals surface area contributed by atoms with Gasteiger partial charge < -0.3 is 0 Å². The average molecular weight is 230 g/mol. The highest BCUT2D eigenvalue weighted by atomic mass is 127. The van der Waals surface area contributed by atoms with Crippen LogP contribution in [-0.2, 0) is 4.79 Å². The molecule has 1 nitrogen and oxygen atoms in total. The van der Waals surface area contributed by atoms with Crippen molar-refractivity contribution in [3.05, 3.63) is 0 Å². The summed E-state index contributed by atoms with van der Waals surface area (Å²) >= 11 is 3.63. The Morgan fingerprint density at radius 3 is 2.57 bits per heavy atom. The van der Waals surface area contributed by atoms with Gasteiger partial charge >= 0.3 is 0 Å². The van der Waals surface area contributed by atoms with Gasteiger partial charge in [0, 0.05) is 17.1 Å². The van der Waals surface area contributed by atoms with Gasteiger partial charge in [0.05, 0.1) is 0 Å². The van der Waals surface area contributed by atoms with Crippen molar-refractivity contribution in [2.24, 2.45) is 0 Å². The smallest absolute Gasteiger partial charge is 0.185 e. The van der Waals surface area contributed by atoms with Crippen LogP contribution in [0.3, 0.4) is 0 Å². The van der Waals surface area contributed by atoms with Gasteiger partial charge in [-0.25, -0.2) is 0 Å². The molecule has 3 heteroatoms. The maximum absolute atomic E-state index is 10.2. The van der Waals surface area contributed by atoms with Gasteiger partial charge in [0.1, 0.15) is 0 Å². The molecule has 0 unspecified atom stereocenters. The van der Waals surface area contributed by atoms with E-state index in [1.165, 1.54) is 11.8 Å². The van der Waals surface area contributed by atoms with Crippen molar-refractivity contribution in [2.45, 2.75) is 6.92 Å². The molecule has 0 rings (SSSR count). The second-order valence-corrected chi connectivity index (χ2v) is 3.38. The number of carbonyl (C=O) groups excluding carboxylic acids is 1. The average Bonchev–Trinajstić information content (AvgIpc) is 1.61. The zero-order valence-corrected chi connectivity index (χ0v) is 7.08. The monoisotopic (exact) mass is 230 g/mol. The Hall–Kier alpha value is 0.750. The number of carbonyl (C=O) groups is 1. The summed E-state index contributed by atoms with van der Waals surface area (Å²) in [4.78, 5) is 10.2. The van der Waals surface area contributed by atoms with Gasteiger partial charge in [0.2, 0.25) is 0 Å². The predicted octanol–water partition coefficient (Wildman–Crippen LogP) is 1.70. The van der Waals surface area contributed by atoms with E-state index >= 15 is 0 Å². The second kappa shape index (κ2) is 4.90. The summed E-state index contributed by atoms with van der Waals surface area (Å²) in [6, 6.07) is 0. The molecule has 0 N–H and O–H groups in total. The van der Waals surface area contributed by atoms with E-state index in [1.54, 1.807) is 6.92 Å². The Bertz CT molecular complexity index is 64.7. The number of alkyl halides is 1. The Labute approximate surface area is 61.4 Å². The Morgan fingerprint density at radius 1 is 1.86 bits per heavy atom. The van der Waals surface area contributed by atoms with Gasteiger partial charge in [-0.2, -0.15) is 0 Å². The minimum Gasteiger partial charge on any atom is -0.288 e. The van der Waals surface area contributed by atoms with Crippen LogP contribution in [0.4, 0.5) is 0 Å². The number of rotatable bonds is 2. The van der Waals surface area contributed by atoms with E-state index in [2.05, 4.69) is 22.6 Å². The summed E-state index contributed by atoms with van der Waals surface area (Å²) in [6.07, 6.45) is 0. The number of hydrogen-bond donors (Lipinski definition) is 0. The Morgan fingerprint density at radius 2 is 2.43 bits per heavy atom. The van der Waals surface area contributed by atoms with Crippen LogP contribution < -0.4 is 0 Å². The summed E-state index contributed by atoms with van der Waals surface area (Å²) < 4.78 is 1.06. The van der Waals surface area contributed by atoms with E-state index in [0.29, 0.717) is 0 Å². The standard InChI is InChI=1S/C4H7IOS/c1-4(6)7-3-2-5/h2-3H2,1H3. The molecule has 0 saturated heterocycles. The molecule has 0 aliphatic heterocycles. The van der Waals surface area contributed by atoms with Crippen molar-refractivity contribution >= 4 is 39.5 Å². The van der Waals surface area contributed by atoms with Gasteiger partial charge in [0.25, 0.3) is 0 Å². The molecule has 0 bridgehead atoms. The van der Waals surface area contributed by atoms with E-state index in [1.807, 2.05) is 0 Å². The molecule has 0 heterocycles. The zero-order valence-electron chi connectivity index (χ0n) is 4.11. The Kier molecular flexibility index (Phi) is 5.42. The third-order valence-corrected chi connectivity index (χ3v) is 2.47. The van der Waals surface area contributed by atoms with Crippen LogP contribution in [-0.4, -0.2) is 15.3 Å². The van der Waals surface area contributed by atoms with Gasteiger partial charge in [-0.1, -0.05) is 34.4 Å². The van der Waals surface area contributed by atoms with E-state index in [4.69, 9.17) is 0 Å². The van der Waals surface area contributed by atoms with Crippen LogP contribution in [0.15, 0.2) is 0 Å². The Balaban J connectivity index is 2.82. The summed E-state index contributed by atoms with van der Waals surface area (Å²) in [5, 5.41) is 0.219. The van der Waals surface area contributed by atoms with Crippen LogP contribution in [0, 0.1) is 0 Å². The molecule has 0 atom stereocenters. The molecule has 0 saturated carbocycles. The van der Waals surface area contributed by atoms with Gasteiger partial charge in [0.15, 0.2) is 5.12 Å². The van der Waals surface area contributed by atoms with Gasteiger partial charge in [-0.15, -0.1) is 0 Å². The topological polar surface area (TPSA) is 17.1 Å². The fourth-order valence-electron chi connectivity index (χ4n) is 0.182. The van der Waals surface area contributed by atoms with Crippen molar-refractivity contribution in [2.75, 3.05) is 10.2 Å². The molecule has 42 valence electrons. The van der Waals surface area contributed by atoms with E-state index in [-0.39, 0.29) is 5.12 Å². The first-order chi connectivity index (χ1) is 3.27. The fraction of sp³-hybridized carbons (Fsp3) is 0.750. The largest absolute Gasteiger partial charge is 0.288 e. The van der Waals surface area contributed by atoms with Crippen molar-refractivity contribution < 1.29 is 4.79 Å². The van der Waals surface area contributed by atoms with E-state index in [9.17, 15) is 4.79 Å². The summed E-state index contributed by atoms with van der Waals surface area (Å²) in [5.41, 5.74) is 0. The lowest BCUT2D eigenvalue weighted by molar-refractivity contribution is -0.109. The third kappa shape index (κ3) is 6.75. The lowest BCUT2D eigenvalue weighted by atomic mass is 10.9. The van der Waals surface area contributed by atoms with Crippen LogP contribution in [0.5, 0.6) is 0 Å². The van der Waals surface area contributed by atoms with Crippen molar-refractivity contribution in [3.63, 3.8) is 0 Å². The molecule has 0 radical (unpaired) electrons. The molecular weight excluding hydrogens is 223 g/mol. The third-order valence-electron chi connectivity index (χ3n) is 0.382. The maximum Gasteiger partial charge on any atom is 0.185 e. The van der Waals surface area contributed by atoms with E-state index < -0.39 is 0 Å². The first-order valence-corrected chi connectivity index (χ1v) is 4.48. The molecule has 0 amide bonds. The number of halogens is 1. The first-order valence-electron chi connectivity index (χ1n) is 1.96. The SMILES string of the molecule is CC(=O)SCCI. The molecule has 7 heavy (non-hydrogen) atoms. The lowest BCUT2D eigenvalue weighted by Crippen LogP contribution is -1.84. The van der Waals surface area contributed by atoms with Crippen molar-refractivity contribution in [1.29, 1.82) is 0 Å². The van der Waals surface area contributed by atoms with Gasteiger partial charge in [-0.05, 0) is 0 Å². The van der Waals surface area contributed by atoms with Gasteiger partial charge in [-0.3, -0.25) is 4.79 Å². The molecule has 0 fully saturated rings. The van der Waals surface area contributed by atoms with Crippen LogP contribution in [0.2, 0.25) is 0 Å². The van der Waals surface area contributed by atoms with Crippen molar-refractivity contribution in [1.82, 2.24) is 0 Å². The van der Waals surface area contributed by atoms with Crippen LogP contribution in [0.1, 0.15) is 6.92 Å². The minimum absolute atomic E-state index is 0.219. The molecular formula is C4H7IOS. The predicted molar refractivity (Wildman–Crippen MR) is 42.0 cm³/mol. The highest BCUT2D eigenvalue weighted by Gasteiger charge is 1.88. The lowest BCUT2D eigenvalue weighted by Gasteiger charge is -1.85. The van der Waals surface area contributed by atoms with Crippen LogP contribution in [0.25, 0.3) is 0 Å². The molecule has 0 aromatic carbocycles. The number of thioether (sulfide) groups is 1. The summed E-state index contributed by atoms with van der Waals surface area (Å²) in [6.45, 7) is 1.59. The van der Waals surface area contributed by atoms with Crippen molar-refractivity contribution in [3.8, 4) is 0 Å². The zero-order chi connectivity index (χ0) is 5.70. The fourth-order valence-corrected chi connectivity index (χ4v) is 1.21. The molecule has 0 aliphatic rings. The molecule has 0 spiro atoms. The minimum atomic E-state index is 0.219. The van der Waals surface area contributed by atoms with Crippen LogP contribution >= 0.6 is 34.4 Å². The molecule has 0 aromatic rings. The molecule has 0 aliphatic carbocycles. The highest BCUT2D eigenvalue weighted by Crippen LogP contribution is 2.01. The quantitative estimate of drug-likeness (QED) is 0.530. The molecule has 0 aromatic heterocycles. The highest BCUT2D eigenvalue weighted by molar-refractivity contribution is 14.1. The first kappa shape index (κ1) is 7.75. The normalized spacial score (nSPS) is 8.86. The number of hydrogen-bond acceptors (Lipinski definition) is 2. The summed E-state index contributed by atoms with van der Waals surface area (Å²) in [5.74, 6) is 0.954. The maximum atomic E-state index is 10.2. The second-order valence-electron chi connectivity index (χ2n) is 1.03. The van der Waals surface area contributed by atoms with E-state index in [0.717, 1.165) is 10.2 Å². The summed E-state index contributed by atoms with van der Waals surface area (Å²) in [7, 11) is 0.